The van der Waals surface area contributed by atoms with Gasteiger partial charge >= 0.3 is 0 Å². The molecule has 1 aliphatic carbocycles. The molecule has 1 fully saturated rings. The Morgan fingerprint density at radius 1 is 1.64 bits per heavy atom. The highest BCUT2D eigenvalue weighted by atomic mass is 35.5. The largest absolute Gasteiger partial charge is 0.350 e. The molecule has 4 heteroatoms. The lowest BCUT2D eigenvalue weighted by Gasteiger charge is -2.18. The molecule has 3 unspecified atom stereocenters. The standard InChI is InChI=1S/C7H14ClO2P/c1-2-10-11(9)7-5-3-4-6(7)8/h6-7,9H,2-5H2,1H3. The average molecular weight is 197 g/mol. The Balaban J connectivity index is 2.33. The van der Waals surface area contributed by atoms with Gasteiger partial charge < -0.3 is 9.42 Å². The molecule has 0 saturated heterocycles. The predicted molar refractivity (Wildman–Crippen MR) is 48.0 cm³/mol. The molecule has 11 heavy (non-hydrogen) atoms. The van der Waals surface area contributed by atoms with Crippen molar-refractivity contribution in [3.63, 3.8) is 0 Å². The molecule has 0 aromatic carbocycles. The van der Waals surface area contributed by atoms with Gasteiger partial charge in [0.05, 0.1) is 6.61 Å². The molecule has 0 aromatic heterocycles. The van der Waals surface area contributed by atoms with E-state index in [0.717, 1.165) is 19.3 Å². The maximum absolute atomic E-state index is 9.48. The van der Waals surface area contributed by atoms with Crippen molar-refractivity contribution in [2.45, 2.75) is 37.2 Å². The molecule has 0 aromatic rings. The van der Waals surface area contributed by atoms with Gasteiger partial charge in [0.1, 0.15) is 0 Å². The third-order valence-corrected chi connectivity index (χ3v) is 4.35. The van der Waals surface area contributed by atoms with Gasteiger partial charge in [0.25, 0.3) is 0 Å². The van der Waals surface area contributed by atoms with Gasteiger partial charge in [-0.15, -0.1) is 11.6 Å². The Morgan fingerprint density at radius 3 is 2.82 bits per heavy atom. The van der Waals surface area contributed by atoms with Crippen LogP contribution in [0.4, 0.5) is 0 Å². The Hall–Kier alpha value is 0.640. The van der Waals surface area contributed by atoms with Crippen molar-refractivity contribution in [3.05, 3.63) is 0 Å². The Bertz CT molecular complexity index is 123. The lowest BCUT2D eigenvalue weighted by molar-refractivity contribution is 0.321. The first kappa shape index (κ1) is 9.73. The minimum absolute atomic E-state index is 0.137. The number of hydrogen-bond acceptors (Lipinski definition) is 2. The van der Waals surface area contributed by atoms with E-state index in [2.05, 4.69) is 0 Å². The van der Waals surface area contributed by atoms with Crippen molar-refractivity contribution in [2.75, 3.05) is 6.61 Å². The van der Waals surface area contributed by atoms with E-state index in [1.807, 2.05) is 6.92 Å². The minimum atomic E-state index is -1.25. The number of hydrogen-bond donors (Lipinski definition) is 1. The Morgan fingerprint density at radius 2 is 2.36 bits per heavy atom. The van der Waals surface area contributed by atoms with Gasteiger partial charge in [-0.3, -0.25) is 0 Å². The van der Waals surface area contributed by atoms with Gasteiger partial charge in [-0.25, -0.2) is 0 Å². The van der Waals surface area contributed by atoms with Crippen molar-refractivity contribution in [3.8, 4) is 0 Å². The fourth-order valence-electron chi connectivity index (χ4n) is 1.37. The summed E-state index contributed by atoms with van der Waals surface area (Å²) >= 11 is 5.99. The van der Waals surface area contributed by atoms with Crippen LogP contribution in [0.5, 0.6) is 0 Å². The Labute approximate surface area is 73.8 Å². The molecule has 0 spiro atoms. The monoisotopic (exact) mass is 196 g/mol. The van der Waals surface area contributed by atoms with Gasteiger partial charge in [0.15, 0.2) is 8.38 Å². The maximum Gasteiger partial charge on any atom is 0.172 e. The molecular formula is C7H14ClO2P. The van der Waals surface area contributed by atoms with E-state index in [9.17, 15) is 4.89 Å². The van der Waals surface area contributed by atoms with Gasteiger partial charge in [-0.1, -0.05) is 6.42 Å². The zero-order valence-corrected chi connectivity index (χ0v) is 8.31. The van der Waals surface area contributed by atoms with Crippen LogP contribution in [-0.4, -0.2) is 22.5 Å². The summed E-state index contributed by atoms with van der Waals surface area (Å²) in [5, 5.41) is 0.137. The summed E-state index contributed by atoms with van der Waals surface area (Å²) in [6.07, 6.45) is 3.18. The minimum Gasteiger partial charge on any atom is -0.350 e. The lowest BCUT2D eigenvalue weighted by Crippen LogP contribution is -2.12. The van der Waals surface area contributed by atoms with Crippen LogP contribution in [0.2, 0.25) is 0 Å². The van der Waals surface area contributed by atoms with E-state index in [-0.39, 0.29) is 11.0 Å². The van der Waals surface area contributed by atoms with E-state index < -0.39 is 8.38 Å². The van der Waals surface area contributed by atoms with Crippen LogP contribution in [0.1, 0.15) is 26.2 Å². The molecule has 0 aliphatic heterocycles. The van der Waals surface area contributed by atoms with Crippen molar-refractivity contribution in [1.82, 2.24) is 0 Å². The average Bonchev–Trinajstić information content (AvgIpc) is 2.36. The summed E-state index contributed by atoms with van der Waals surface area (Å²) in [7, 11) is -1.25. The molecule has 0 radical (unpaired) electrons. The van der Waals surface area contributed by atoms with E-state index >= 15 is 0 Å². The van der Waals surface area contributed by atoms with Crippen molar-refractivity contribution >= 4 is 20.0 Å². The summed E-state index contributed by atoms with van der Waals surface area (Å²) in [4.78, 5) is 9.48. The first-order valence-electron chi connectivity index (χ1n) is 4.00. The second-order valence-electron chi connectivity index (χ2n) is 2.73. The molecule has 1 saturated carbocycles. The van der Waals surface area contributed by atoms with E-state index in [4.69, 9.17) is 16.1 Å². The summed E-state index contributed by atoms with van der Waals surface area (Å²) in [5.41, 5.74) is 0.214. The summed E-state index contributed by atoms with van der Waals surface area (Å²) in [6, 6.07) is 0. The van der Waals surface area contributed by atoms with Crippen molar-refractivity contribution in [1.29, 1.82) is 0 Å². The van der Waals surface area contributed by atoms with E-state index in [1.54, 1.807) is 0 Å². The zero-order chi connectivity index (χ0) is 8.27. The maximum atomic E-state index is 9.48. The molecular weight excluding hydrogens is 183 g/mol. The van der Waals surface area contributed by atoms with Crippen LogP contribution < -0.4 is 0 Å². The second kappa shape index (κ2) is 4.61. The van der Waals surface area contributed by atoms with E-state index in [1.165, 1.54) is 0 Å². The Kier molecular flexibility index (Phi) is 4.08. The molecule has 66 valence electrons. The quantitative estimate of drug-likeness (QED) is 0.555. The predicted octanol–water partition coefficient (Wildman–Crippen LogP) is 2.49. The molecule has 0 heterocycles. The summed E-state index contributed by atoms with van der Waals surface area (Å²) < 4.78 is 5.13. The normalized spacial score (nSPS) is 34.1. The second-order valence-corrected chi connectivity index (χ2v) is 4.82. The van der Waals surface area contributed by atoms with Gasteiger partial charge in [0.2, 0.25) is 0 Å². The van der Waals surface area contributed by atoms with Gasteiger partial charge in [-0.2, -0.15) is 0 Å². The van der Waals surface area contributed by atoms with Gasteiger partial charge in [0, 0.05) is 11.0 Å². The van der Waals surface area contributed by atoms with Crippen LogP contribution in [-0.2, 0) is 4.52 Å². The van der Waals surface area contributed by atoms with Crippen LogP contribution in [0.15, 0.2) is 0 Å². The molecule has 1 aliphatic rings. The lowest BCUT2D eigenvalue weighted by atomic mass is 10.4. The van der Waals surface area contributed by atoms with Crippen molar-refractivity contribution in [2.24, 2.45) is 0 Å². The van der Waals surface area contributed by atoms with Crippen LogP contribution in [0.3, 0.4) is 0 Å². The van der Waals surface area contributed by atoms with Gasteiger partial charge in [-0.05, 0) is 19.8 Å². The summed E-state index contributed by atoms with van der Waals surface area (Å²) in [5.74, 6) is 0. The number of halogens is 1. The molecule has 0 bridgehead atoms. The van der Waals surface area contributed by atoms with Crippen molar-refractivity contribution < 1.29 is 9.42 Å². The highest BCUT2D eigenvalue weighted by Gasteiger charge is 2.32. The third kappa shape index (κ3) is 2.55. The molecule has 3 atom stereocenters. The fraction of sp³-hybridized carbons (Fsp3) is 1.00. The first-order valence-corrected chi connectivity index (χ1v) is 5.72. The topological polar surface area (TPSA) is 29.5 Å². The highest BCUT2D eigenvalue weighted by molar-refractivity contribution is 7.47. The van der Waals surface area contributed by atoms with Crippen LogP contribution >= 0.6 is 20.0 Å². The molecule has 0 amide bonds. The first-order chi connectivity index (χ1) is 5.25. The zero-order valence-electron chi connectivity index (χ0n) is 6.66. The van der Waals surface area contributed by atoms with Crippen LogP contribution in [0, 0.1) is 0 Å². The molecule has 1 rings (SSSR count). The van der Waals surface area contributed by atoms with E-state index in [0.29, 0.717) is 6.61 Å². The number of alkyl halides is 1. The highest BCUT2D eigenvalue weighted by Crippen LogP contribution is 2.47. The fourth-order valence-corrected chi connectivity index (χ4v) is 3.23. The van der Waals surface area contributed by atoms with Crippen LogP contribution in [0.25, 0.3) is 0 Å². The smallest absolute Gasteiger partial charge is 0.172 e. The molecule has 1 N–H and O–H groups in total. The number of rotatable bonds is 3. The summed E-state index contributed by atoms with van der Waals surface area (Å²) in [6.45, 7) is 2.48. The SMILES string of the molecule is CCOP(O)C1CCCC1Cl. The third-order valence-electron chi connectivity index (χ3n) is 1.94. The molecule has 2 nitrogen and oxygen atoms in total.